The highest BCUT2D eigenvalue weighted by molar-refractivity contribution is 5.94. The van der Waals surface area contributed by atoms with Gasteiger partial charge < -0.3 is 14.8 Å². The van der Waals surface area contributed by atoms with Crippen molar-refractivity contribution in [1.29, 1.82) is 0 Å². The summed E-state index contributed by atoms with van der Waals surface area (Å²) in [6.45, 7) is 8.26. The molecule has 1 aromatic carbocycles. The number of hydrogen-bond acceptors (Lipinski definition) is 3. The fourth-order valence-corrected chi connectivity index (χ4v) is 2.15. The third kappa shape index (κ3) is 4.38. The average molecular weight is 291 g/mol. The van der Waals surface area contributed by atoms with Crippen LogP contribution in [0.1, 0.15) is 50.4 Å². The number of rotatable bonds is 5. The van der Waals surface area contributed by atoms with E-state index in [9.17, 15) is 4.79 Å². The molecule has 0 spiro atoms. The Morgan fingerprint density at radius 3 is 2.62 bits per heavy atom. The Morgan fingerprint density at radius 2 is 1.90 bits per heavy atom. The monoisotopic (exact) mass is 291 g/mol. The Balaban J connectivity index is 2.01. The highest BCUT2D eigenvalue weighted by Gasteiger charge is 2.25. The summed E-state index contributed by atoms with van der Waals surface area (Å²) in [7, 11) is 0. The predicted octanol–water partition coefficient (Wildman–Crippen LogP) is 3.40. The van der Waals surface area contributed by atoms with Gasteiger partial charge in [0, 0.05) is 17.5 Å². The minimum Gasteiger partial charge on any atom is -0.489 e. The largest absolute Gasteiger partial charge is 0.489 e. The normalized spacial score (nSPS) is 16.1. The molecular weight excluding hydrogens is 266 g/mol. The molecule has 1 amide bonds. The maximum atomic E-state index is 12.1. The molecule has 1 aliphatic rings. The second-order valence-electron chi connectivity index (χ2n) is 6.37. The smallest absolute Gasteiger partial charge is 0.251 e. The molecule has 4 heteroatoms. The second-order valence-corrected chi connectivity index (χ2v) is 6.37. The number of benzene rings is 1. The van der Waals surface area contributed by atoms with Crippen LogP contribution in [-0.4, -0.2) is 25.7 Å². The molecule has 0 radical (unpaired) electrons. The van der Waals surface area contributed by atoms with Gasteiger partial charge in [0.05, 0.1) is 13.2 Å². The molecule has 0 fully saturated rings. The van der Waals surface area contributed by atoms with Crippen LogP contribution in [-0.2, 0) is 0 Å². The van der Waals surface area contributed by atoms with E-state index < -0.39 is 0 Å². The molecule has 1 N–H and O–H groups in total. The van der Waals surface area contributed by atoms with Crippen LogP contribution in [0.25, 0.3) is 0 Å². The number of nitrogens with one attached hydrogen (secondary N) is 1. The van der Waals surface area contributed by atoms with Crippen LogP contribution < -0.4 is 14.8 Å². The zero-order chi connectivity index (χ0) is 15.3. The van der Waals surface area contributed by atoms with E-state index >= 15 is 0 Å². The van der Waals surface area contributed by atoms with Gasteiger partial charge in [-0.1, -0.05) is 33.6 Å². The van der Waals surface area contributed by atoms with Crippen LogP contribution in [0.2, 0.25) is 0 Å². The maximum absolute atomic E-state index is 12.1. The summed E-state index contributed by atoms with van der Waals surface area (Å²) < 4.78 is 11.5. The molecule has 2 rings (SSSR count). The van der Waals surface area contributed by atoms with Gasteiger partial charge in [-0.2, -0.15) is 0 Å². The molecule has 0 aliphatic carbocycles. The van der Waals surface area contributed by atoms with E-state index in [4.69, 9.17) is 9.47 Å². The molecule has 0 unspecified atom stereocenters. The number of unbranched alkanes of at least 4 members (excludes halogenated alkanes) is 2. The van der Waals surface area contributed by atoms with Crippen LogP contribution in [0, 0.1) is 5.41 Å². The fraction of sp³-hybridized carbons (Fsp3) is 0.588. The van der Waals surface area contributed by atoms with Crippen molar-refractivity contribution < 1.29 is 14.3 Å². The number of hydrogen-bond donors (Lipinski definition) is 1. The number of amides is 1. The first-order valence-corrected chi connectivity index (χ1v) is 7.70. The van der Waals surface area contributed by atoms with Gasteiger partial charge >= 0.3 is 0 Å². The lowest BCUT2D eigenvalue weighted by molar-refractivity contribution is 0.0952. The van der Waals surface area contributed by atoms with Crippen molar-refractivity contribution in [2.75, 3.05) is 19.8 Å². The van der Waals surface area contributed by atoms with E-state index in [0.717, 1.165) is 19.3 Å². The lowest BCUT2D eigenvalue weighted by Gasteiger charge is -2.19. The number of ether oxygens (including phenoxy) is 2. The number of fused-ring (bicyclic) bond motifs is 1. The summed E-state index contributed by atoms with van der Waals surface area (Å²) in [5.41, 5.74) is 0.593. The molecule has 1 aromatic rings. The van der Waals surface area contributed by atoms with Crippen molar-refractivity contribution in [3.63, 3.8) is 0 Å². The van der Waals surface area contributed by atoms with E-state index in [1.807, 2.05) is 6.07 Å². The molecule has 0 aromatic heterocycles. The molecule has 116 valence electrons. The van der Waals surface area contributed by atoms with E-state index in [1.54, 1.807) is 12.1 Å². The Morgan fingerprint density at radius 1 is 1.19 bits per heavy atom. The van der Waals surface area contributed by atoms with Gasteiger partial charge in [-0.25, -0.2) is 0 Å². The summed E-state index contributed by atoms with van der Waals surface area (Å²) >= 11 is 0. The molecule has 0 atom stereocenters. The molecular formula is C17H25NO3. The van der Waals surface area contributed by atoms with Gasteiger partial charge in [-0.05, 0) is 24.6 Å². The molecule has 0 bridgehead atoms. The Hall–Kier alpha value is -1.71. The maximum Gasteiger partial charge on any atom is 0.251 e. The molecule has 1 heterocycles. The zero-order valence-corrected chi connectivity index (χ0v) is 13.2. The zero-order valence-electron chi connectivity index (χ0n) is 13.2. The summed E-state index contributed by atoms with van der Waals surface area (Å²) in [6.07, 6.45) is 3.30. The minimum atomic E-state index is -0.0546. The molecule has 4 nitrogen and oxygen atoms in total. The van der Waals surface area contributed by atoms with Gasteiger partial charge in [-0.3, -0.25) is 4.79 Å². The predicted molar refractivity (Wildman–Crippen MR) is 83.1 cm³/mol. The quantitative estimate of drug-likeness (QED) is 0.846. The van der Waals surface area contributed by atoms with E-state index in [2.05, 4.69) is 26.1 Å². The van der Waals surface area contributed by atoms with Gasteiger partial charge in [0.25, 0.3) is 5.91 Å². The first-order chi connectivity index (χ1) is 10.0. The summed E-state index contributed by atoms with van der Waals surface area (Å²) in [5.74, 6) is 1.31. The minimum absolute atomic E-state index is 0.0262. The molecule has 0 saturated carbocycles. The Bertz CT molecular complexity index is 497. The van der Waals surface area contributed by atoms with Crippen LogP contribution in [0.15, 0.2) is 18.2 Å². The van der Waals surface area contributed by atoms with Gasteiger partial charge in [0.2, 0.25) is 0 Å². The van der Waals surface area contributed by atoms with Crippen LogP contribution in [0.4, 0.5) is 0 Å². The Labute approximate surface area is 126 Å². The number of carbonyl (C=O) groups excluding carboxylic acids is 1. The standard InChI is InChI=1S/C17H25NO3/c1-4-5-6-9-18-16(19)13-7-8-14-15(10-13)21-12-17(2,3)11-20-14/h7-8,10H,4-6,9,11-12H2,1-3H3,(H,18,19). The fourth-order valence-electron chi connectivity index (χ4n) is 2.15. The SMILES string of the molecule is CCCCCNC(=O)c1ccc2c(c1)OCC(C)(C)CO2. The third-order valence-corrected chi connectivity index (χ3v) is 3.51. The van der Waals surface area contributed by atoms with Crippen molar-refractivity contribution in [3.05, 3.63) is 23.8 Å². The first-order valence-electron chi connectivity index (χ1n) is 7.70. The molecule has 21 heavy (non-hydrogen) atoms. The summed E-state index contributed by atoms with van der Waals surface area (Å²) in [4.78, 5) is 12.1. The third-order valence-electron chi connectivity index (χ3n) is 3.51. The van der Waals surface area contributed by atoms with Crippen molar-refractivity contribution in [2.24, 2.45) is 5.41 Å². The number of carbonyl (C=O) groups is 1. The Kier molecular flexibility index (Phi) is 5.10. The van der Waals surface area contributed by atoms with Crippen molar-refractivity contribution >= 4 is 5.91 Å². The van der Waals surface area contributed by atoms with Gasteiger partial charge in [0.15, 0.2) is 11.5 Å². The van der Waals surface area contributed by atoms with Gasteiger partial charge in [-0.15, -0.1) is 0 Å². The van der Waals surface area contributed by atoms with Crippen LogP contribution in [0.3, 0.4) is 0 Å². The van der Waals surface area contributed by atoms with Crippen molar-refractivity contribution in [3.8, 4) is 11.5 Å². The summed E-state index contributed by atoms with van der Waals surface area (Å²) in [5, 5.41) is 2.94. The first kappa shape index (κ1) is 15.7. The van der Waals surface area contributed by atoms with Crippen LogP contribution >= 0.6 is 0 Å². The van der Waals surface area contributed by atoms with E-state index in [1.165, 1.54) is 0 Å². The van der Waals surface area contributed by atoms with Crippen LogP contribution in [0.5, 0.6) is 11.5 Å². The lowest BCUT2D eigenvalue weighted by atomic mass is 9.97. The topological polar surface area (TPSA) is 47.6 Å². The van der Waals surface area contributed by atoms with Crippen molar-refractivity contribution in [1.82, 2.24) is 5.32 Å². The summed E-state index contributed by atoms with van der Waals surface area (Å²) in [6, 6.07) is 5.37. The molecule has 0 saturated heterocycles. The van der Waals surface area contributed by atoms with Gasteiger partial charge in [0.1, 0.15) is 0 Å². The average Bonchev–Trinajstić information content (AvgIpc) is 2.62. The van der Waals surface area contributed by atoms with E-state index in [0.29, 0.717) is 36.8 Å². The van der Waals surface area contributed by atoms with Crippen molar-refractivity contribution in [2.45, 2.75) is 40.0 Å². The molecule has 1 aliphatic heterocycles. The highest BCUT2D eigenvalue weighted by Crippen LogP contribution is 2.34. The van der Waals surface area contributed by atoms with E-state index in [-0.39, 0.29) is 11.3 Å². The lowest BCUT2D eigenvalue weighted by Crippen LogP contribution is -2.26. The second kappa shape index (κ2) is 6.83. The highest BCUT2D eigenvalue weighted by atomic mass is 16.5.